The van der Waals surface area contributed by atoms with Gasteiger partial charge in [0, 0.05) is 19.3 Å². The zero-order valence-electron chi connectivity index (χ0n) is 34.4. The van der Waals surface area contributed by atoms with Crippen LogP contribution in [0.5, 0.6) is 0 Å². The van der Waals surface area contributed by atoms with E-state index in [2.05, 4.69) is 81.5 Å². The van der Waals surface area contributed by atoms with Gasteiger partial charge in [-0.1, -0.05) is 157 Å². The Bertz CT molecular complexity index is 1140. The maximum atomic E-state index is 12.7. The Labute approximate surface area is 330 Å². The second-order valence-electron chi connectivity index (χ2n) is 13.5. The Hall–Kier alpha value is -3.67. The Kier molecular flexibility index (Phi) is 39.2. The maximum absolute atomic E-state index is 12.7. The van der Waals surface area contributed by atoms with Crippen LogP contribution in [0.3, 0.4) is 0 Å². The molecule has 6 heteroatoms. The van der Waals surface area contributed by atoms with Gasteiger partial charge in [-0.25, -0.2) is 0 Å². The van der Waals surface area contributed by atoms with E-state index in [-0.39, 0.29) is 37.5 Å². The SMILES string of the molecule is CC\C=C/C=C\C=C/C=C\CCCCCC(=O)OC(COC(=O)CCCC/C=C\C/C=C\CC)COC(=O)CCCCCCCCC/C=C\C/C=C\CC. The summed E-state index contributed by atoms with van der Waals surface area (Å²) in [6.45, 7) is 6.15. The number of ether oxygens (including phenoxy) is 3. The molecule has 0 radical (unpaired) electrons. The summed E-state index contributed by atoms with van der Waals surface area (Å²) in [5, 5.41) is 0. The third-order valence-corrected chi connectivity index (χ3v) is 8.41. The lowest BCUT2D eigenvalue weighted by molar-refractivity contribution is -0.167. The second-order valence-corrected chi connectivity index (χ2v) is 13.5. The minimum atomic E-state index is -0.812. The van der Waals surface area contributed by atoms with Crippen molar-refractivity contribution in [3.63, 3.8) is 0 Å². The summed E-state index contributed by atoms with van der Waals surface area (Å²) in [6.07, 6.45) is 54.0. The van der Waals surface area contributed by atoms with Crippen molar-refractivity contribution in [1.82, 2.24) is 0 Å². The molecule has 0 aromatic heterocycles. The lowest BCUT2D eigenvalue weighted by Crippen LogP contribution is -2.30. The van der Waals surface area contributed by atoms with Gasteiger partial charge in [-0.05, 0) is 89.9 Å². The van der Waals surface area contributed by atoms with Crippen molar-refractivity contribution in [2.24, 2.45) is 0 Å². The molecule has 6 nitrogen and oxygen atoms in total. The van der Waals surface area contributed by atoms with Gasteiger partial charge in [-0.2, -0.15) is 0 Å². The number of allylic oxidation sites excluding steroid dienone is 16. The molecule has 0 aliphatic heterocycles. The number of hydrogen-bond acceptors (Lipinski definition) is 6. The van der Waals surface area contributed by atoms with Gasteiger partial charge in [-0.15, -0.1) is 0 Å². The summed E-state index contributed by atoms with van der Waals surface area (Å²) in [5.74, 6) is -1.01. The van der Waals surface area contributed by atoms with Crippen LogP contribution in [0.1, 0.15) is 168 Å². The quantitative estimate of drug-likeness (QED) is 0.0209. The summed E-state index contributed by atoms with van der Waals surface area (Å²) in [7, 11) is 0. The lowest BCUT2D eigenvalue weighted by Gasteiger charge is -2.18. The monoisotopic (exact) mass is 749 g/mol. The predicted octanol–water partition coefficient (Wildman–Crippen LogP) is 13.5. The Balaban J connectivity index is 4.49. The summed E-state index contributed by atoms with van der Waals surface area (Å²) >= 11 is 0. The number of rotatable bonds is 36. The summed E-state index contributed by atoms with van der Waals surface area (Å²) in [5.41, 5.74) is 0. The average molecular weight is 749 g/mol. The van der Waals surface area contributed by atoms with Gasteiger partial charge in [0.25, 0.3) is 0 Å². The first-order chi connectivity index (χ1) is 26.5. The summed E-state index contributed by atoms with van der Waals surface area (Å²) in [6, 6.07) is 0. The first-order valence-corrected chi connectivity index (χ1v) is 21.3. The molecule has 0 aromatic rings. The first kappa shape index (κ1) is 50.3. The van der Waals surface area contributed by atoms with Crippen molar-refractivity contribution in [2.75, 3.05) is 13.2 Å². The number of unbranched alkanes of at least 4 members (excludes halogenated alkanes) is 12. The predicted molar refractivity (Wildman–Crippen MR) is 228 cm³/mol. The van der Waals surface area contributed by atoms with Crippen LogP contribution in [0.2, 0.25) is 0 Å². The van der Waals surface area contributed by atoms with Crippen LogP contribution in [0.25, 0.3) is 0 Å². The molecule has 0 N–H and O–H groups in total. The highest BCUT2D eigenvalue weighted by Gasteiger charge is 2.19. The zero-order valence-corrected chi connectivity index (χ0v) is 34.4. The van der Waals surface area contributed by atoms with E-state index in [1.807, 2.05) is 36.5 Å². The van der Waals surface area contributed by atoms with Crippen LogP contribution in [-0.2, 0) is 28.6 Å². The fourth-order valence-electron chi connectivity index (χ4n) is 5.29. The fraction of sp³-hybridized carbons (Fsp3) is 0.604. The molecule has 0 saturated heterocycles. The number of esters is 3. The maximum Gasteiger partial charge on any atom is 0.306 e. The van der Waals surface area contributed by atoms with Gasteiger partial charge in [0.15, 0.2) is 6.10 Å². The van der Waals surface area contributed by atoms with Crippen molar-refractivity contribution < 1.29 is 28.6 Å². The molecule has 0 heterocycles. The fourth-order valence-corrected chi connectivity index (χ4v) is 5.29. The third kappa shape index (κ3) is 39.5. The number of carbonyl (C=O) groups excluding carboxylic acids is 3. The van der Waals surface area contributed by atoms with E-state index in [1.54, 1.807) is 0 Å². The van der Waals surface area contributed by atoms with E-state index in [4.69, 9.17) is 14.2 Å². The summed E-state index contributed by atoms with van der Waals surface area (Å²) in [4.78, 5) is 37.6. The molecule has 1 atom stereocenters. The molecule has 0 aliphatic rings. The summed E-state index contributed by atoms with van der Waals surface area (Å²) < 4.78 is 16.6. The van der Waals surface area contributed by atoms with Crippen molar-refractivity contribution >= 4 is 17.9 Å². The highest BCUT2D eigenvalue weighted by Crippen LogP contribution is 2.12. The van der Waals surface area contributed by atoms with Crippen molar-refractivity contribution in [2.45, 2.75) is 175 Å². The van der Waals surface area contributed by atoms with Gasteiger partial charge in [-0.3, -0.25) is 14.4 Å². The molecule has 1 unspecified atom stereocenters. The highest BCUT2D eigenvalue weighted by molar-refractivity contribution is 5.71. The largest absolute Gasteiger partial charge is 0.462 e. The molecule has 0 saturated carbocycles. The van der Waals surface area contributed by atoms with E-state index in [9.17, 15) is 14.4 Å². The minimum Gasteiger partial charge on any atom is -0.462 e. The van der Waals surface area contributed by atoms with Gasteiger partial charge < -0.3 is 14.2 Å². The van der Waals surface area contributed by atoms with Crippen LogP contribution in [0, 0.1) is 0 Å². The molecule has 0 aliphatic carbocycles. The molecule has 0 amide bonds. The van der Waals surface area contributed by atoms with E-state index < -0.39 is 6.10 Å². The van der Waals surface area contributed by atoms with Gasteiger partial charge in [0.05, 0.1) is 0 Å². The minimum absolute atomic E-state index is 0.110. The van der Waals surface area contributed by atoms with Crippen molar-refractivity contribution in [3.8, 4) is 0 Å². The normalized spacial score (nSPS) is 13.0. The Morgan fingerprint density at radius 2 is 0.759 bits per heavy atom. The van der Waals surface area contributed by atoms with Gasteiger partial charge in [0.2, 0.25) is 0 Å². The molecule has 0 fully saturated rings. The third-order valence-electron chi connectivity index (χ3n) is 8.41. The van der Waals surface area contributed by atoms with Gasteiger partial charge in [0.1, 0.15) is 13.2 Å². The van der Waals surface area contributed by atoms with Crippen molar-refractivity contribution in [3.05, 3.63) is 97.2 Å². The van der Waals surface area contributed by atoms with E-state index in [1.165, 1.54) is 25.7 Å². The second kappa shape index (κ2) is 42.1. The van der Waals surface area contributed by atoms with Crippen LogP contribution >= 0.6 is 0 Å². The Morgan fingerprint density at radius 3 is 1.30 bits per heavy atom. The molecule has 0 spiro atoms. The highest BCUT2D eigenvalue weighted by atomic mass is 16.6. The zero-order chi connectivity index (χ0) is 39.4. The number of carbonyl (C=O) groups is 3. The molecule has 0 bridgehead atoms. The Morgan fingerprint density at radius 1 is 0.389 bits per heavy atom. The van der Waals surface area contributed by atoms with Crippen LogP contribution in [-0.4, -0.2) is 37.2 Å². The smallest absolute Gasteiger partial charge is 0.306 e. The standard InChI is InChI=1S/C48H76O6/c1-4-7-10-13-16-19-21-23-25-26-29-32-35-38-41-47(50)53-44-45(43-52-46(49)40-37-34-31-28-18-15-12-9-6-3)54-48(51)42-39-36-33-30-27-24-22-20-17-14-11-8-5-2/h7-12,14,16-20,22,24,27-28,45H,4-6,13,15,21,23,25-26,29-44H2,1-3H3/b10-7-,11-8-,12-9-,17-14-,19-16-,22-20-,27-24-,28-18-. The van der Waals surface area contributed by atoms with E-state index in [0.29, 0.717) is 19.3 Å². The van der Waals surface area contributed by atoms with E-state index >= 15 is 0 Å². The molecule has 54 heavy (non-hydrogen) atoms. The van der Waals surface area contributed by atoms with Crippen LogP contribution in [0.4, 0.5) is 0 Å². The number of hydrogen-bond donors (Lipinski definition) is 0. The van der Waals surface area contributed by atoms with Crippen LogP contribution in [0.15, 0.2) is 97.2 Å². The van der Waals surface area contributed by atoms with E-state index in [0.717, 1.165) is 96.3 Å². The van der Waals surface area contributed by atoms with Gasteiger partial charge >= 0.3 is 17.9 Å². The van der Waals surface area contributed by atoms with Crippen molar-refractivity contribution in [1.29, 1.82) is 0 Å². The van der Waals surface area contributed by atoms with Crippen LogP contribution < -0.4 is 0 Å². The average Bonchev–Trinajstić information content (AvgIpc) is 3.17. The topological polar surface area (TPSA) is 78.9 Å². The molecular formula is C48H76O6. The molecule has 0 rings (SSSR count). The molecule has 0 aromatic carbocycles. The lowest BCUT2D eigenvalue weighted by atomic mass is 10.1. The molecule has 304 valence electrons. The molecular weight excluding hydrogens is 673 g/mol. The first-order valence-electron chi connectivity index (χ1n) is 21.3.